The molecule has 1 amide bonds. The summed E-state index contributed by atoms with van der Waals surface area (Å²) in [6.07, 6.45) is 4.56. The fourth-order valence-electron chi connectivity index (χ4n) is 1.09. The van der Waals surface area contributed by atoms with Crippen LogP contribution in [-0.2, 0) is 0 Å². The molecule has 0 radical (unpaired) electrons. The van der Waals surface area contributed by atoms with Crippen molar-refractivity contribution in [3.8, 4) is 5.95 Å². The zero-order chi connectivity index (χ0) is 10.8. The number of nitrogens with zero attached hydrogens (tertiary/aromatic N) is 4. The Kier molecular flexibility index (Phi) is 2.05. The van der Waals surface area contributed by atoms with Crippen molar-refractivity contribution in [2.24, 2.45) is 5.73 Å². The van der Waals surface area contributed by atoms with E-state index in [0.29, 0.717) is 5.95 Å². The van der Waals surface area contributed by atoms with E-state index in [4.69, 9.17) is 11.5 Å². The molecule has 2 rings (SSSR count). The van der Waals surface area contributed by atoms with E-state index in [1.165, 1.54) is 10.9 Å². The molecular weight excluding hydrogens is 196 g/mol. The van der Waals surface area contributed by atoms with Gasteiger partial charge in [-0.15, -0.1) is 0 Å². The first-order valence-corrected chi connectivity index (χ1v) is 4.11. The minimum absolute atomic E-state index is 0.0162. The van der Waals surface area contributed by atoms with Crippen LogP contribution >= 0.6 is 0 Å². The zero-order valence-electron chi connectivity index (χ0n) is 7.66. The molecule has 2 heterocycles. The van der Waals surface area contributed by atoms with Crippen LogP contribution in [-0.4, -0.2) is 25.7 Å². The number of carbonyl (C=O) groups is 1. The first-order valence-electron chi connectivity index (χ1n) is 4.11. The van der Waals surface area contributed by atoms with Crippen molar-refractivity contribution in [2.75, 3.05) is 5.73 Å². The largest absolute Gasteiger partial charge is 0.395 e. The summed E-state index contributed by atoms with van der Waals surface area (Å²) in [6, 6.07) is 1.67. The van der Waals surface area contributed by atoms with Gasteiger partial charge in [0.2, 0.25) is 0 Å². The second kappa shape index (κ2) is 3.37. The molecule has 0 atom stereocenters. The van der Waals surface area contributed by atoms with Crippen LogP contribution in [0, 0.1) is 0 Å². The maximum atomic E-state index is 10.9. The Morgan fingerprint density at radius 3 is 2.53 bits per heavy atom. The maximum Gasteiger partial charge on any atom is 0.271 e. The molecule has 0 fully saturated rings. The zero-order valence-corrected chi connectivity index (χ0v) is 7.66. The fourth-order valence-corrected chi connectivity index (χ4v) is 1.09. The number of hydrogen-bond donors (Lipinski definition) is 2. The monoisotopic (exact) mass is 204 g/mol. The van der Waals surface area contributed by atoms with E-state index in [0.717, 1.165) is 0 Å². The van der Waals surface area contributed by atoms with Crippen LogP contribution in [0.5, 0.6) is 0 Å². The van der Waals surface area contributed by atoms with Gasteiger partial charge in [0.1, 0.15) is 0 Å². The van der Waals surface area contributed by atoms with Crippen LogP contribution in [0.1, 0.15) is 10.5 Å². The molecule has 7 nitrogen and oxygen atoms in total. The van der Waals surface area contributed by atoms with Gasteiger partial charge in [0.25, 0.3) is 11.9 Å². The lowest BCUT2D eigenvalue weighted by molar-refractivity contribution is 0.0996. The Balaban J connectivity index is 2.48. The summed E-state index contributed by atoms with van der Waals surface area (Å²) in [4.78, 5) is 18.8. The number of amides is 1. The van der Waals surface area contributed by atoms with Crippen molar-refractivity contribution in [3.05, 3.63) is 30.4 Å². The summed E-state index contributed by atoms with van der Waals surface area (Å²) in [5.74, 6) is -0.348. The van der Waals surface area contributed by atoms with Gasteiger partial charge < -0.3 is 11.5 Å². The Morgan fingerprint density at radius 1 is 1.33 bits per heavy atom. The van der Waals surface area contributed by atoms with Crippen LogP contribution in [0.15, 0.2) is 24.7 Å². The molecule has 76 valence electrons. The third kappa shape index (κ3) is 1.62. The quantitative estimate of drug-likeness (QED) is 0.674. The first-order chi connectivity index (χ1) is 7.18. The molecular formula is C8H8N6O. The minimum Gasteiger partial charge on any atom is -0.395 e. The lowest BCUT2D eigenvalue weighted by Gasteiger charge is -1.95. The number of primary amides is 1. The van der Waals surface area contributed by atoms with Gasteiger partial charge in [-0.1, -0.05) is 0 Å². The highest BCUT2D eigenvalue weighted by atomic mass is 16.1. The van der Waals surface area contributed by atoms with Crippen molar-refractivity contribution < 1.29 is 4.79 Å². The van der Waals surface area contributed by atoms with Gasteiger partial charge in [-0.2, -0.15) is 5.10 Å². The highest BCUT2D eigenvalue weighted by Gasteiger charge is 2.12. The molecule has 0 aliphatic heterocycles. The van der Waals surface area contributed by atoms with Crippen LogP contribution in [0.25, 0.3) is 5.95 Å². The van der Waals surface area contributed by atoms with E-state index < -0.39 is 5.91 Å². The fraction of sp³-hybridized carbons (Fsp3) is 0. The van der Waals surface area contributed by atoms with E-state index in [1.807, 2.05) is 0 Å². The van der Waals surface area contributed by atoms with E-state index >= 15 is 0 Å². The minimum atomic E-state index is -0.679. The van der Waals surface area contributed by atoms with Crippen LogP contribution < -0.4 is 11.5 Å². The maximum absolute atomic E-state index is 10.9. The van der Waals surface area contributed by atoms with Gasteiger partial charge in [-0.05, 0) is 6.07 Å². The molecule has 7 heteroatoms. The molecule has 0 saturated carbocycles. The average molecular weight is 204 g/mol. The van der Waals surface area contributed by atoms with Crippen molar-refractivity contribution in [3.63, 3.8) is 0 Å². The van der Waals surface area contributed by atoms with Crippen molar-refractivity contribution >= 4 is 11.6 Å². The summed E-state index contributed by atoms with van der Waals surface area (Å²) in [5.41, 5.74) is 10.8. The second-order valence-electron chi connectivity index (χ2n) is 2.79. The number of nitrogens with two attached hydrogens (primary N) is 2. The highest BCUT2D eigenvalue weighted by molar-refractivity contribution is 5.95. The van der Waals surface area contributed by atoms with Gasteiger partial charge in [0, 0.05) is 12.4 Å². The number of aromatic nitrogens is 4. The molecule has 0 aliphatic rings. The van der Waals surface area contributed by atoms with Crippen molar-refractivity contribution in [1.29, 1.82) is 0 Å². The standard InChI is InChI=1S/C8H8N6O/c9-5-4-14(13-6(5)7(10)15)8-11-2-1-3-12-8/h1-4H,9H2,(H2,10,15). The third-order valence-corrected chi connectivity index (χ3v) is 1.73. The number of hydrogen-bond acceptors (Lipinski definition) is 5. The Morgan fingerprint density at radius 2 is 2.00 bits per heavy atom. The number of carbonyl (C=O) groups excluding carboxylic acids is 1. The number of nitrogen functional groups attached to an aromatic ring is 1. The highest BCUT2D eigenvalue weighted by Crippen LogP contribution is 2.10. The summed E-state index contributed by atoms with van der Waals surface area (Å²) in [7, 11) is 0. The predicted molar refractivity (Wildman–Crippen MR) is 52.1 cm³/mol. The van der Waals surface area contributed by atoms with Crippen molar-refractivity contribution in [1.82, 2.24) is 19.7 Å². The van der Waals surface area contributed by atoms with Gasteiger partial charge in [-0.25, -0.2) is 14.6 Å². The van der Waals surface area contributed by atoms with E-state index in [2.05, 4.69) is 15.1 Å². The van der Waals surface area contributed by atoms with Crippen LogP contribution in [0.4, 0.5) is 5.69 Å². The molecule has 4 N–H and O–H groups in total. The lowest BCUT2D eigenvalue weighted by atomic mass is 10.4. The van der Waals surface area contributed by atoms with Crippen molar-refractivity contribution in [2.45, 2.75) is 0 Å². The Labute approximate surface area is 84.7 Å². The van der Waals surface area contributed by atoms with Gasteiger partial charge in [-0.3, -0.25) is 4.79 Å². The molecule has 2 aromatic heterocycles. The molecule has 0 aliphatic carbocycles. The summed E-state index contributed by atoms with van der Waals surface area (Å²) in [6.45, 7) is 0. The summed E-state index contributed by atoms with van der Waals surface area (Å²) < 4.78 is 1.30. The summed E-state index contributed by atoms with van der Waals surface area (Å²) >= 11 is 0. The molecule has 15 heavy (non-hydrogen) atoms. The van der Waals surface area contributed by atoms with E-state index in [-0.39, 0.29) is 11.4 Å². The molecule has 0 saturated heterocycles. The smallest absolute Gasteiger partial charge is 0.271 e. The molecule has 0 spiro atoms. The number of rotatable bonds is 2. The van der Waals surface area contributed by atoms with E-state index in [9.17, 15) is 4.79 Å². The van der Waals surface area contributed by atoms with Gasteiger partial charge >= 0.3 is 0 Å². The Hall–Kier alpha value is -2.44. The molecule has 0 unspecified atom stereocenters. The van der Waals surface area contributed by atoms with Crippen LogP contribution in [0.3, 0.4) is 0 Å². The average Bonchev–Trinajstić information content (AvgIpc) is 2.62. The lowest BCUT2D eigenvalue weighted by Crippen LogP contribution is -2.14. The van der Waals surface area contributed by atoms with E-state index in [1.54, 1.807) is 18.5 Å². The normalized spacial score (nSPS) is 10.1. The second-order valence-corrected chi connectivity index (χ2v) is 2.79. The predicted octanol–water partition coefficient (Wildman–Crippen LogP) is -0.657. The van der Waals surface area contributed by atoms with Crippen LogP contribution in [0.2, 0.25) is 0 Å². The number of anilines is 1. The third-order valence-electron chi connectivity index (χ3n) is 1.73. The van der Waals surface area contributed by atoms with Gasteiger partial charge in [0.15, 0.2) is 5.69 Å². The molecule has 0 bridgehead atoms. The Bertz CT molecular complexity index is 491. The molecule has 2 aromatic rings. The summed E-state index contributed by atoms with van der Waals surface area (Å²) in [5, 5.41) is 3.87. The topological polar surface area (TPSA) is 113 Å². The SMILES string of the molecule is NC(=O)c1nn(-c2ncccn2)cc1N. The first kappa shape index (κ1) is 9.13. The molecule has 0 aromatic carbocycles. The van der Waals surface area contributed by atoms with Gasteiger partial charge in [0.05, 0.1) is 11.9 Å².